The first-order valence-corrected chi connectivity index (χ1v) is 12.8. The number of aryl methyl sites for hydroxylation is 2. The Bertz CT molecular complexity index is 1160. The van der Waals surface area contributed by atoms with E-state index in [9.17, 15) is 13.2 Å². The summed E-state index contributed by atoms with van der Waals surface area (Å²) in [4.78, 5) is 21.6. The van der Waals surface area contributed by atoms with Crippen molar-refractivity contribution in [2.75, 3.05) is 37.8 Å². The fourth-order valence-corrected chi connectivity index (χ4v) is 5.44. The number of halogens is 1. The van der Waals surface area contributed by atoms with Gasteiger partial charge in [-0.05, 0) is 57.3 Å². The van der Waals surface area contributed by atoms with Gasteiger partial charge in [-0.15, -0.1) is 12.4 Å². The molecule has 0 saturated carbocycles. The lowest BCUT2D eigenvalue weighted by Crippen LogP contribution is -2.37. The molecule has 1 aromatic heterocycles. The maximum atomic E-state index is 13.1. The SMILES string of the molecule is CCc1ccc2nc(N(CCN(C)C)C(=O)CCS(=O)(=O)c3ccc(C)cc3)sc2c1.Cl. The van der Waals surface area contributed by atoms with E-state index in [-0.39, 0.29) is 35.4 Å². The highest BCUT2D eigenvalue weighted by atomic mass is 35.5. The number of amides is 1. The molecule has 0 N–H and O–H groups in total. The van der Waals surface area contributed by atoms with Gasteiger partial charge in [-0.25, -0.2) is 13.4 Å². The van der Waals surface area contributed by atoms with Crippen LogP contribution in [0.1, 0.15) is 24.5 Å². The van der Waals surface area contributed by atoms with Crippen molar-refractivity contribution >= 4 is 54.8 Å². The van der Waals surface area contributed by atoms with Gasteiger partial charge in [0.05, 0.1) is 20.9 Å². The molecular formula is C23H30ClN3O3S2. The third-order valence-electron chi connectivity index (χ3n) is 5.12. The molecule has 3 rings (SSSR count). The van der Waals surface area contributed by atoms with E-state index in [1.807, 2.05) is 38.1 Å². The molecule has 0 aliphatic carbocycles. The quantitative estimate of drug-likeness (QED) is 0.441. The Balaban J connectivity index is 0.00000363. The maximum Gasteiger partial charge on any atom is 0.229 e. The second kappa shape index (κ2) is 11.2. The Morgan fingerprint density at radius 2 is 1.75 bits per heavy atom. The Morgan fingerprint density at radius 1 is 1.06 bits per heavy atom. The lowest BCUT2D eigenvalue weighted by atomic mass is 10.2. The Morgan fingerprint density at radius 3 is 2.38 bits per heavy atom. The van der Waals surface area contributed by atoms with E-state index < -0.39 is 9.84 Å². The van der Waals surface area contributed by atoms with Crippen molar-refractivity contribution in [3.05, 3.63) is 53.6 Å². The summed E-state index contributed by atoms with van der Waals surface area (Å²) in [5, 5.41) is 0.614. The van der Waals surface area contributed by atoms with E-state index >= 15 is 0 Å². The highest BCUT2D eigenvalue weighted by Gasteiger charge is 2.23. The van der Waals surface area contributed by atoms with Gasteiger partial charge in [-0.2, -0.15) is 0 Å². The number of carbonyl (C=O) groups excluding carboxylic acids is 1. The van der Waals surface area contributed by atoms with Crippen LogP contribution in [0.25, 0.3) is 10.2 Å². The number of sulfone groups is 1. The predicted octanol–water partition coefficient (Wildman–Crippen LogP) is 4.35. The summed E-state index contributed by atoms with van der Waals surface area (Å²) in [5.41, 5.74) is 3.07. The van der Waals surface area contributed by atoms with Crippen LogP contribution < -0.4 is 4.90 Å². The molecule has 6 nitrogen and oxygen atoms in total. The summed E-state index contributed by atoms with van der Waals surface area (Å²) >= 11 is 1.47. The van der Waals surface area contributed by atoms with Gasteiger partial charge >= 0.3 is 0 Å². The molecule has 0 unspecified atom stereocenters. The molecule has 0 aliphatic heterocycles. The molecular weight excluding hydrogens is 466 g/mol. The summed E-state index contributed by atoms with van der Waals surface area (Å²) in [6.45, 7) is 5.12. The highest BCUT2D eigenvalue weighted by Crippen LogP contribution is 2.30. The van der Waals surface area contributed by atoms with Crippen LogP contribution in [0, 0.1) is 6.92 Å². The van der Waals surface area contributed by atoms with Gasteiger partial charge in [-0.3, -0.25) is 9.69 Å². The number of likely N-dealkylation sites (N-methyl/N-ethyl adjacent to an activating group) is 1. The first kappa shape index (κ1) is 26.3. The Kier molecular flexibility index (Phi) is 9.21. The molecule has 0 fully saturated rings. The van der Waals surface area contributed by atoms with Crippen molar-refractivity contribution in [2.45, 2.75) is 31.6 Å². The Hall–Kier alpha value is -2.00. The zero-order valence-corrected chi connectivity index (χ0v) is 21.3. The Labute approximate surface area is 200 Å². The monoisotopic (exact) mass is 495 g/mol. The molecule has 174 valence electrons. The number of nitrogens with zero attached hydrogens (tertiary/aromatic N) is 3. The molecule has 32 heavy (non-hydrogen) atoms. The molecule has 0 atom stereocenters. The fourth-order valence-electron chi connectivity index (χ4n) is 3.14. The van der Waals surface area contributed by atoms with Crippen LogP contribution in [0.4, 0.5) is 5.13 Å². The van der Waals surface area contributed by atoms with Crippen molar-refractivity contribution in [1.29, 1.82) is 0 Å². The van der Waals surface area contributed by atoms with E-state index in [0.29, 0.717) is 18.2 Å². The van der Waals surface area contributed by atoms with Gasteiger partial charge in [0.25, 0.3) is 0 Å². The van der Waals surface area contributed by atoms with E-state index in [2.05, 4.69) is 18.0 Å². The predicted molar refractivity (Wildman–Crippen MR) is 135 cm³/mol. The topological polar surface area (TPSA) is 70.6 Å². The first-order valence-electron chi connectivity index (χ1n) is 10.3. The summed E-state index contributed by atoms with van der Waals surface area (Å²) in [6, 6.07) is 12.9. The van der Waals surface area contributed by atoms with Crippen molar-refractivity contribution in [2.24, 2.45) is 0 Å². The number of aromatic nitrogens is 1. The zero-order chi connectivity index (χ0) is 22.6. The second-order valence-corrected chi connectivity index (χ2v) is 11.0. The standard InChI is InChI=1S/C23H29N3O3S2.ClH/c1-5-18-8-11-20-21(16-18)30-23(24-20)26(14-13-25(3)4)22(27)12-15-31(28,29)19-9-6-17(2)7-10-19;/h6-11,16H,5,12-15H2,1-4H3;1H. The minimum absolute atomic E-state index is 0. The molecule has 9 heteroatoms. The highest BCUT2D eigenvalue weighted by molar-refractivity contribution is 7.91. The molecule has 0 radical (unpaired) electrons. The van der Waals surface area contributed by atoms with E-state index in [4.69, 9.17) is 0 Å². The lowest BCUT2D eigenvalue weighted by molar-refractivity contribution is -0.118. The number of hydrogen-bond acceptors (Lipinski definition) is 6. The van der Waals surface area contributed by atoms with Gasteiger partial charge in [-0.1, -0.05) is 42.0 Å². The molecule has 1 heterocycles. The minimum Gasteiger partial charge on any atom is -0.308 e. The van der Waals surface area contributed by atoms with Crippen molar-refractivity contribution in [3.8, 4) is 0 Å². The van der Waals surface area contributed by atoms with Gasteiger partial charge in [0, 0.05) is 19.5 Å². The van der Waals surface area contributed by atoms with Crippen molar-refractivity contribution in [1.82, 2.24) is 9.88 Å². The molecule has 0 spiro atoms. The number of thiazole rings is 1. The van der Waals surface area contributed by atoms with E-state index in [1.54, 1.807) is 29.2 Å². The summed E-state index contributed by atoms with van der Waals surface area (Å²) in [6.07, 6.45) is 0.850. The molecule has 0 bridgehead atoms. The molecule has 1 amide bonds. The van der Waals surface area contributed by atoms with Gasteiger partial charge in [0.1, 0.15) is 0 Å². The van der Waals surface area contributed by atoms with Crippen LogP contribution in [0.2, 0.25) is 0 Å². The smallest absolute Gasteiger partial charge is 0.229 e. The number of carbonyl (C=O) groups is 1. The van der Waals surface area contributed by atoms with E-state index in [1.165, 1.54) is 16.9 Å². The fraction of sp³-hybridized carbons (Fsp3) is 0.391. The zero-order valence-electron chi connectivity index (χ0n) is 18.9. The molecule has 3 aromatic rings. The number of benzene rings is 2. The number of hydrogen-bond donors (Lipinski definition) is 0. The summed E-state index contributed by atoms with van der Waals surface area (Å²) in [5.74, 6) is -0.453. The molecule has 2 aromatic carbocycles. The van der Waals surface area contributed by atoms with Crippen LogP contribution in [-0.4, -0.2) is 57.1 Å². The first-order chi connectivity index (χ1) is 14.7. The lowest BCUT2D eigenvalue weighted by Gasteiger charge is -2.22. The van der Waals surface area contributed by atoms with Crippen LogP contribution in [0.5, 0.6) is 0 Å². The van der Waals surface area contributed by atoms with Crippen LogP contribution in [-0.2, 0) is 21.1 Å². The summed E-state index contributed by atoms with van der Waals surface area (Å²) in [7, 11) is 0.354. The largest absolute Gasteiger partial charge is 0.308 e. The van der Waals surface area contributed by atoms with Crippen LogP contribution in [0.15, 0.2) is 47.4 Å². The van der Waals surface area contributed by atoms with E-state index in [0.717, 1.165) is 22.2 Å². The van der Waals surface area contributed by atoms with Gasteiger partial charge < -0.3 is 4.90 Å². The van der Waals surface area contributed by atoms with Crippen molar-refractivity contribution < 1.29 is 13.2 Å². The normalized spacial score (nSPS) is 11.5. The number of fused-ring (bicyclic) bond motifs is 1. The third kappa shape index (κ3) is 6.51. The third-order valence-corrected chi connectivity index (χ3v) is 7.89. The average molecular weight is 496 g/mol. The molecule has 0 aliphatic rings. The average Bonchev–Trinajstić information content (AvgIpc) is 3.15. The molecule has 0 saturated heterocycles. The van der Waals surface area contributed by atoms with Crippen molar-refractivity contribution in [3.63, 3.8) is 0 Å². The maximum absolute atomic E-state index is 13.1. The van der Waals surface area contributed by atoms with Gasteiger partial charge in [0.15, 0.2) is 15.0 Å². The van der Waals surface area contributed by atoms with Crippen LogP contribution >= 0.6 is 23.7 Å². The van der Waals surface area contributed by atoms with Crippen LogP contribution in [0.3, 0.4) is 0 Å². The second-order valence-electron chi connectivity index (χ2n) is 7.88. The van der Waals surface area contributed by atoms with Gasteiger partial charge in [0.2, 0.25) is 5.91 Å². The summed E-state index contributed by atoms with van der Waals surface area (Å²) < 4.78 is 26.4. The minimum atomic E-state index is -3.53. The number of anilines is 1. The number of rotatable bonds is 9.